The van der Waals surface area contributed by atoms with Gasteiger partial charge in [0.2, 0.25) is 0 Å². The second-order valence-electron chi connectivity index (χ2n) is 3.74. The Morgan fingerprint density at radius 1 is 1.29 bits per heavy atom. The van der Waals surface area contributed by atoms with Crippen LogP contribution in [0.15, 0.2) is 12.1 Å². The molecule has 0 aliphatic heterocycles. The number of terminal acetylenes is 1. The number of halogens is 1. The van der Waals surface area contributed by atoms with Gasteiger partial charge in [0.05, 0.1) is 14.2 Å². The average Bonchev–Trinajstić information content (AvgIpc) is 2.36. The summed E-state index contributed by atoms with van der Waals surface area (Å²) in [5.74, 6) is 3.20. The van der Waals surface area contributed by atoms with Crippen LogP contribution in [-0.2, 0) is 0 Å². The molecule has 1 unspecified atom stereocenters. The summed E-state index contributed by atoms with van der Waals surface area (Å²) < 4.78 is 24.1. The van der Waals surface area contributed by atoms with Gasteiger partial charge in [-0.15, -0.1) is 12.3 Å². The van der Waals surface area contributed by atoms with Crippen molar-refractivity contribution in [3.05, 3.63) is 23.5 Å². The Morgan fingerprint density at radius 2 is 1.88 bits per heavy atom. The number of methoxy groups -OCH3 is 2. The Labute approximate surface area is 102 Å². The van der Waals surface area contributed by atoms with E-state index in [1.165, 1.54) is 20.3 Å². The van der Waals surface area contributed by atoms with E-state index in [-0.39, 0.29) is 11.7 Å². The molecular weight excluding hydrogens is 219 g/mol. The zero-order chi connectivity index (χ0) is 12.8. The lowest BCUT2D eigenvalue weighted by Gasteiger charge is -2.16. The maximum Gasteiger partial charge on any atom is 0.163 e. The molecular formula is C14H17FO2. The highest BCUT2D eigenvalue weighted by Gasteiger charge is 2.17. The third kappa shape index (κ3) is 2.91. The molecule has 1 aromatic carbocycles. The van der Waals surface area contributed by atoms with Crippen molar-refractivity contribution in [2.24, 2.45) is 0 Å². The molecule has 1 aromatic rings. The maximum atomic E-state index is 13.9. The zero-order valence-corrected chi connectivity index (χ0v) is 10.4. The van der Waals surface area contributed by atoms with Gasteiger partial charge < -0.3 is 9.47 Å². The van der Waals surface area contributed by atoms with E-state index in [4.69, 9.17) is 15.9 Å². The summed E-state index contributed by atoms with van der Waals surface area (Å²) in [4.78, 5) is 0. The van der Waals surface area contributed by atoms with Crippen molar-refractivity contribution in [3.8, 4) is 23.8 Å². The van der Waals surface area contributed by atoms with Gasteiger partial charge in [-0.1, -0.05) is 6.92 Å². The van der Waals surface area contributed by atoms with Crippen LogP contribution >= 0.6 is 0 Å². The van der Waals surface area contributed by atoms with Crippen molar-refractivity contribution in [1.82, 2.24) is 0 Å². The normalized spacial score (nSPS) is 11.7. The molecule has 0 aliphatic carbocycles. The minimum Gasteiger partial charge on any atom is -0.493 e. The van der Waals surface area contributed by atoms with Gasteiger partial charge in [0.15, 0.2) is 11.5 Å². The first-order valence-corrected chi connectivity index (χ1v) is 5.52. The molecule has 3 heteroatoms. The fraction of sp³-hybridized carbons (Fsp3) is 0.429. The highest BCUT2D eigenvalue weighted by Crippen LogP contribution is 2.35. The second-order valence-corrected chi connectivity index (χ2v) is 3.74. The molecule has 0 saturated heterocycles. The Kier molecular flexibility index (Phi) is 4.84. The monoisotopic (exact) mass is 236 g/mol. The van der Waals surface area contributed by atoms with Crippen LogP contribution < -0.4 is 9.47 Å². The third-order valence-electron chi connectivity index (χ3n) is 2.80. The molecule has 0 saturated carbocycles. The maximum absolute atomic E-state index is 13.9. The smallest absolute Gasteiger partial charge is 0.163 e. The molecule has 2 nitrogen and oxygen atoms in total. The standard InChI is InChI=1S/C14H17FO2/c1-5-7-10(6-2)11-8-13(16-3)14(17-4)9-12(11)15/h1,8-10H,6-7H2,2-4H3. The predicted octanol–water partition coefficient (Wildman–Crippen LogP) is 3.36. The summed E-state index contributed by atoms with van der Waals surface area (Å²) >= 11 is 0. The minimum absolute atomic E-state index is 0.0137. The van der Waals surface area contributed by atoms with Gasteiger partial charge in [-0.3, -0.25) is 0 Å². The molecule has 0 radical (unpaired) electrons. The Hall–Kier alpha value is -1.69. The van der Waals surface area contributed by atoms with Gasteiger partial charge in [-0.05, 0) is 24.0 Å². The van der Waals surface area contributed by atoms with E-state index in [1.54, 1.807) is 6.07 Å². The van der Waals surface area contributed by atoms with Crippen molar-refractivity contribution in [1.29, 1.82) is 0 Å². The fourth-order valence-corrected chi connectivity index (χ4v) is 1.80. The Morgan fingerprint density at radius 3 is 2.35 bits per heavy atom. The molecule has 1 rings (SSSR count). The molecule has 0 bridgehead atoms. The molecule has 92 valence electrons. The van der Waals surface area contributed by atoms with E-state index >= 15 is 0 Å². The van der Waals surface area contributed by atoms with Crippen molar-refractivity contribution in [2.75, 3.05) is 14.2 Å². The average molecular weight is 236 g/mol. The van der Waals surface area contributed by atoms with E-state index in [9.17, 15) is 4.39 Å². The molecule has 0 spiro atoms. The fourth-order valence-electron chi connectivity index (χ4n) is 1.80. The lowest BCUT2D eigenvalue weighted by atomic mass is 9.93. The van der Waals surface area contributed by atoms with Crippen LogP contribution in [0.25, 0.3) is 0 Å². The molecule has 0 fully saturated rings. The van der Waals surface area contributed by atoms with Gasteiger partial charge in [-0.25, -0.2) is 4.39 Å². The lowest BCUT2D eigenvalue weighted by Crippen LogP contribution is -2.02. The van der Waals surface area contributed by atoms with Crippen molar-refractivity contribution in [3.63, 3.8) is 0 Å². The number of benzene rings is 1. The van der Waals surface area contributed by atoms with Crippen molar-refractivity contribution in [2.45, 2.75) is 25.7 Å². The summed E-state index contributed by atoms with van der Waals surface area (Å²) in [5.41, 5.74) is 0.586. The van der Waals surface area contributed by atoms with Crippen molar-refractivity contribution >= 4 is 0 Å². The van der Waals surface area contributed by atoms with Crippen LogP contribution in [0, 0.1) is 18.2 Å². The van der Waals surface area contributed by atoms with E-state index in [1.807, 2.05) is 6.92 Å². The number of hydrogen-bond donors (Lipinski definition) is 0. The van der Waals surface area contributed by atoms with Crippen LogP contribution in [0.2, 0.25) is 0 Å². The molecule has 17 heavy (non-hydrogen) atoms. The van der Waals surface area contributed by atoms with E-state index in [0.29, 0.717) is 23.5 Å². The van der Waals surface area contributed by atoms with Crippen LogP contribution in [0.4, 0.5) is 4.39 Å². The minimum atomic E-state index is -0.301. The first-order chi connectivity index (χ1) is 8.17. The van der Waals surface area contributed by atoms with Crippen LogP contribution in [-0.4, -0.2) is 14.2 Å². The van der Waals surface area contributed by atoms with Crippen LogP contribution in [0.3, 0.4) is 0 Å². The predicted molar refractivity (Wildman–Crippen MR) is 66.0 cm³/mol. The topological polar surface area (TPSA) is 18.5 Å². The largest absolute Gasteiger partial charge is 0.493 e. The van der Waals surface area contributed by atoms with E-state index < -0.39 is 0 Å². The Balaban J connectivity index is 3.20. The first-order valence-electron chi connectivity index (χ1n) is 5.52. The quantitative estimate of drug-likeness (QED) is 0.730. The molecule has 0 N–H and O–H groups in total. The number of hydrogen-bond acceptors (Lipinski definition) is 2. The van der Waals surface area contributed by atoms with Gasteiger partial charge in [0.25, 0.3) is 0 Å². The second kappa shape index (κ2) is 6.15. The van der Waals surface area contributed by atoms with Crippen molar-refractivity contribution < 1.29 is 13.9 Å². The number of rotatable bonds is 5. The zero-order valence-electron chi connectivity index (χ0n) is 10.4. The highest BCUT2D eigenvalue weighted by molar-refractivity contribution is 5.45. The highest BCUT2D eigenvalue weighted by atomic mass is 19.1. The summed E-state index contributed by atoms with van der Waals surface area (Å²) in [6.07, 6.45) is 6.60. The van der Waals surface area contributed by atoms with Gasteiger partial charge in [-0.2, -0.15) is 0 Å². The van der Waals surface area contributed by atoms with Crippen LogP contribution in [0.1, 0.15) is 31.2 Å². The summed E-state index contributed by atoms with van der Waals surface area (Å²) in [6, 6.07) is 3.01. The van der Waals surface area contributed by atoms with Gasteiger partial charge in [0, 0.05) is 12.5 Å². The summed E-state index contributed by atoms with van der Waals surface area (Å²) in [5, 5.41) is 0. The SMILES string of the molecule is C#CCC(CC)c1cc(OC)c(OC)cc1F. The molecule has 0 aromatic heterocycles. The summed E-state index contributed by atoms with van der Waals surface area (Å²) in [7, 11) is 3.01. The van der Waals surface area contributed by atoms with Gasteiger partial charge >= 0.3 is 0 Å². The summed E-state index contributed by atoms with van der Waals surface area (Å²) in [6.45, 7) is 1.98. The number of ether oxygens (including phenoxy) is 2. The molecule has 1 atom stereocenters. The van der Waals surface area contributed by atoms with Gasteiger partial charge in [0.1, 0.15) is 5.82 Å². The molecule has 0 heterocycles. The third-order valence-corrected chi connectivity index (χ3v) is 2.80. The van der Waals surface area contributed by atoms with E-state index in [2.05, 4.69) is 5.92 Å². The first kappa shape index (κ1) is 13.4. The van der Waals surface area contributed by atoms with Crippen LogP contribution in [0.5, 0.6) is 11.5 Å². The molecule has 0 aliphatic rings. The Bertz CT molecular complexity index is 421. The lowest BCUT2D eigenvalue weighted by molar-refractivity contribution is 0.351. The molecule has 0 amide bonds. The van der Waals surface area contributed by atoms with E-state index in [0.717, 1.165) is 6.42 Å².